The maximum Gasteiger partial charge on any atom is 0.221 e. The van der Waals surface area contributed by atoms with Crippen LogP contribution in [0.5, 0.6) is 0 Å². The van der Waals surface area contributed by atoms with Crippen molar-refractivity contribution in [3.63, 3.8) is 0 Å². The Labute approximate surface area is 109 Å². The third-order valence-corrected chi connectivity index (χ3v) is 2.56. The fourth-order valence-corrected chi connectivity index (χ4v) is 1.58. The Bertz CT molecular complexity index is 596. The van der Waals surface area contributed by atoms with Crippen molar-refractivity contribution in [3.05, 3.63) is 35.9 Å². The molecule has 0 saturated heterocycles. The fraction of sp³-hybridized carbons (Fsp3) is 0.250. The summed E-state index contributed by atoms with van der Waals surface area (Å²) in [5.41, 5.74) is 1.75. The molecule has 0 aliphatic carbocycles. The molecule has 0 fully saturated rings. The SMILES string of the molecule is CC(=O)Nc1cc(NCc2cnnn2C)ccc1F. The summed E-state index contributed by atoms with van der Waals surface area (Å²) in [5, 5.41) is 13.1. The van der Waals surface area contributed by atoms with Crippen molar-refractivity contribution >= 4 is 17.3 Å². The van der Waals surface area contributed by atoms with Crippen LogP contribution in [0.1, 0.15) is 12.6 Å². The number of aromatic nitrogens is 3. The van der Waals surface area contributed by atoms with Crippen LogP contribution in [0.3, 0.4) is 0 Å². The third kappa shape index (κ3) is 3.27. The van der Waals surface area contributed by atoms with Crippen LogP contribution in [0.25, 0.3) is 0 Å². The Morgan fingerprint density at radius 3 is 2.89 bits per heavy atom. The van der Waals surface area contributed by atoms with Crippen LogP contribution in [0.4, 0.5) is 15.8 Å². The molecule has 0 radical (unpaired) electrons. The predicted molar refractivity (Wildman–Crippen MR) is 69.0 cm³/mol. The number of halogens is 1. The molecule has 0 aliphatic rings. The highest BCUT2D eigenvalue weighted by molar-refractivity contribution is 5.89. The summed E-state index contributed by atoms with van der Waals surface area (Å²) >= 11 is 0. The van der Waals surface area contributed by atoms with Crippen molar-refractivity contribution in [2.75, 3.05) is 10.6 Å². The number of nitrogens with zero attached hydrogens (tertiary/aromatic N) is 3. The third-order valence-electron chi connectivity index (χ3n) is 2.56. The molecule has 0 spiro atoms. The average Bonchev–Trinajstić information content (AvgIpc) is 2.75. The summed E-state index contributed by atoms with van der Waals surface area (Å²) < 4.78 is 15.1. The number of nitrogens with one attached hydrogen (secondary N) is 2. The number of anilines is 2. The number of carbonyl (C=O) groups excluding carboxylic acids is 1. The van der Waals surface area contributed by atoms with Crippen LogP contribution in [-0.4, -0.2) is 20.9 Å². The molecule has 1 heterocycles. The smallest absolute Gasteiger partial charge is 0.221 e. The Morgan fingerprint density at radius 1 is 1.47 bits per heavy atom. The molecule has 0 aliphatic heterocycles. The number of amides is 1. The maximum absolute atomic E-state index is 13.4. The normalized spacial score (nSPS) is 10.3. The second-order valence-electron chi connectivity index (χ2n) is 4.08. The zero-order chi connectivity index (χ0) is 13.8. The van der Waals surface area contributed by atoms with E-state index >= 15 is 0 Å². The van der Waals surface area contributed by atoms with E-state index in [1.165, 1.54) is 13.0 Å². The largest absolute Gasteiger partial charge is 0.379 e. The van der Waals surface area contributed by atoms with Crippen LogP contribution in [0, 0.1) is 5.82 Å². The van der Waals surface area contributed by atoms with Crippen molar-refractivity contribution in [1.82, 2.24) is 15.0 Å². The quantitative estimate of drug-likeness (QED) is 0.877. The van der Waals surface area contributed by atoms with Crippen molar-refractivity contribution in [2.24, 2.45) is 7.05 Å². The lowest BCUT2D eigenvalue weighted by Crippen LogP contribution is -2.09. The van der Waals surface area contributed by atoms with Gasteiger partial charge in [0.15, 0.2) is 0 Å². The molecule has 1 aromatic heterocycles. The van der Waals surface area contributed by atoms with E-state index in [1.807, 2.05) is 0 Å². The zero-order valence-corrected chi connectivity index (χ0v) is 10.6. The number of hydrogen-bond donors (Lipinski definition) is 2. The van der Waals surface area contributed by atoms with E-state index in [2.05, 4.69) is 20.9 Å². The van der Waals surface area contributed by atoms with Gasteiger partial charge in [0.1, 0.15) is 5.82 Å². The van der Waals surface area contributed by atoms with E-state index in [1.54, 1.807) is 30.1 Å². The molecule has 1 amide bonds. The van der Waals surface area contributed by atoms with Gasteiger partial charge in [-0.25, -0.2) is 4.39 Å². The molecule has 0 saturated carbocycles. The number of carbonyl (C=O) groups is 1. The molecule has 19 heavy (non-hydrogen) atoms. The molecule has 2 rings (SSSR count). The number of aryl methyl sites for hydroxylation is 1. The van der Waals surface area contributed by atoms with Gasteiger partial charge in [0.05, 0.1) is 24.1 Å². The summed E-state index contributed by atoms with van der Waals surface area (Å²) in [4.78, 5) is 10.9. The molecule has 0 bridgehead atoms. The van der Waals surface area contributed by atoms with E-state index in [9.17, 15) is 9.18 Å². The van der Waals surface area contributed by atoms with Crippen molar-refractivity contribution < 1.29 is 9.18 Å². The van der Waals surface area contributed by atoms with E-state index in [-0.39, 0.29) is 11.6 Å². The van der Waals surface area contributed by atoms with E-state index < -0.39 is 5.82 Å². The zero-order valence-electron chi connectivity index (χ0n) is 10.6. The topological polar surface area (TPSA) is 71.8 Å². The molecule has 0 unspecified atom stereocenters. The molecule has 2 aromatic rings. The average molecular weight is 263 g/mol. The second-order valence-corrected chi connectivity index (χ2v) is 4.08. The Balaban J connectivity index is 2.08. The number of rotatable bonds is 4. The van der Waals surface area contributed by atoms with Gasteiger partial charge in [-0.1, -0.05) is 5.21 Å². The van der Waals surface area contributed by atoms with Gasteiger partial charge in [0.2, 0.25) is 5.91 Å². The van der Waals surface area contributed by atoms with E-state index in [0.717, 1.165) is 5.69 Å². The van der Waals surface area contributed by atoms with Gasteiger partial charge in [-0.15, -0.1) is 5.10 Å². The van der Waals surface area contributed by atoms with Crippen LogP contribution >= 0.6 is 0 Å². The molecular weight excluding hydrogens is 249 g/mol. The van der Waals surface area contributed by atoms with Gasteiger partial charge >= 0.3 is 0 Å². The van der Waals surface area contributed by atoms with Gasteiger partial charge in [0, 0.05) is 19.7 Å². The van der Waals surface area contributed by atoms with E-state index in [0.29, 0.717) is 12.2 Å². The first kappa shape index (κ1) is 13.0. The van der Waals surface area contributed by atoms with E-state index in [4.69, 9.17) is 0 Å². The lowest BCUT2D eigenvalue weighted by molar-refractivity contribution is -0.114. The van der Waals surface area contributed by atoms with Crippen LogP contribution < -0.4 is 10.6 Å². The Kier molecular flexibility index (Phi) is 3.74. The molecule has 2 N–H and O–H groups in total. The Morgan fingerprint density at radius 2 is 2.26 bits per heavy atom. The highest BCUT2D eigenvalue weighted by Crippen LogP contribution is 2.20. The fourth-order valence-electron chi connectivity index (χ4n) is 1.58. The van der Waals surface area contributed by atoms with Crippen molar-refractivity contribution in [1.29, 1.82) is 0 Å². The lowest BCUT2D eigenvalue weighted by Gasteiger charge is -2.09. The highest BCUT2D eigenvalue weighted by Gasteiger charge is 2.06. The van der Waals surface area contributed by atoms with Gasteiger partial charge in [-0.05, 0) is 18.2 Å². The molecule has 100 valence electrons. The summed E-state index contributed by atoms with van der Waals surface area (Å²) in [5.74, 6) is -0.783. The first-order chi connectivity index (χ1) is 9.06. The predicted octanol–water partition coefficient (Wildman–Crippen LogP) is 1.52. The van der Waals surface area contributed by atoms with Crippen LogP contribution in [-0.2, 0) is 18.4 Å². The first-order valence-corrected chi connectivity index (χ1v) is 5.71. The lowest BCUT2D eigenvalue weighted by atomic mass is 10.2. The maximum atomic E-state index is 13.4. The first-order valence-electron chi connectivity index (χ1n) is 5.71. The summed E-state index contributed by atoms with van der Waals surface area (Å²) in [6, 6.07) is 4.44. The van der Waals surface area contributed by atoms with Gasteiger partial charge in [-0.3, -0.25) is 9.48 Å². The van der Waals surface area contributed by atoms with Crippen molar-refractivity contribution in [3.8, 4) is 0 Å². The minimum Gasteiger partial charge on any atom is -0.379 e. The minimum atomic E-state index is -0.469. The summed E-state index contributed by atoms with van der Waals surface area (Å²) in [6.07, 6.45) is 1.64. The Hall–Kier alpha value is -2.44. The monoisotopic (exact) mass is 263 g/mol. The summed E-state index contributed by atoms with van der Waals surface area (Å²) in [6.45, 7) is 1.84. The molecule has 7 heteroatoms. The number of benzene rings is 1. The molecule has 1 aromatic carbocycles. The molecule has 6 nitrogen and oxygen atoms in total. The molecule has 0 atom stereocenters. The number of hydrogen-bond acceptors (Lipinski definition) is 4. The standard InChI is InChI=1S/C12H14FN5O/c1-8(19)16-12-5-9(3-4-11(12)13)14-6-10-7-15-17-18(10)2/h3-5,7,14H,6H2,1-2H3,(H,16,19). The minimum absolute atomic E-state index is 0.153. The van der Waals surface area contributed by atoms with Gasteiger partial charge in [-0.2, -0.15) is 0 Å². The van der Waals surface area contributed by atoms with Crippen molar-refractivity contribution in [2.45, 2.75) is 13.5 Å². The summed E-state index contributed by atoms with van der Waals surface area (Å²) in [7, 11) is 1.79. The highest BCUT2D eigenvalue weighted by atomic mass is 19.1. The van der Waals surface area contributed by atoms with Gasteiger partial charge < -0.3 is 10.6 Å². The van der Waals surface area contributed by atoms with Crippen LogP contribution in [0.15, 0.2) is 24.4 Å². The van der Waals surface area contributed by atoms with Gasteiger partial charge in [0.25, 0.3) is 0 Å². The van der Waals surface area contributed by atoms with Crippen LogP contribution in [0.2, 0.25) is 0 Å². The molecular formula is C12H14FN5O. The second kappa shape index (κ2) is 5.47.